The molecule has 0 radical (unpaired) electrons. The Hall–Kier alpha value is -1.35. The molecule has 18 heavy (non-hydrogen) atoms. The number of rotatable bonds is 5. The van der Waals surface area contributed by atoms with Crippen LogP contribution in [0.2, 0.25) is 0 Å². The third kappa shape index (κ3) is 2.27. The van der Waals surface area contributed by atoms with Crippen molar-refractivity contribution in [2.24, 2.45) is 0 Å². The monoisotopic (exact) mass is 248 g/mol. The molecule has 1 unspecified atom stereocenters. The Morgan fingerprint density at radius 2 is 2.06 bits per heavy atom. The lowest BCUT2D eigenvalue weighted by Crippen LogP contribution is -2.39. The van der Waals surface area contributed by atoms with Crippen LogP contribution in [-0.4, -0.2) is 22.8 Å². The molecule has 1 atom stereocenters. The molecule has 0 heterocycles. The predicted octanol–water partition coefficient (Wildman–Crippen LogP) is 2.51. The van der Waals surface area contributed by atoms with Crippen LogP contribution in [0.4, 0.5) is 0 Å². The SMILES string of the molecule is O=C(O)C1(CCCCO)CCCc2ccccc21. The van der Waals surface area contributed by atoms with E-state index in [0.29, 0.717) is 19.3 Å². The van der Waals surface area contributed by atoms with Gasteiger partial charge in [-0.2, -0.15) is 0 Å². The number of aryl methyl sites for hydroxylation is 1. The van der Waals surface area contributed by atoms with Crippen molar-refractivity contribution in [1.82, 2.24) is 0 Å². The van der Waals surface area contributed by atoms with E-state index in [0.717, 1.165) is 24.8 Å². The van der Waals surface area contributed by atoms with Crippen LogP contribution in [0.1, 0.15) is 43.2 Å². The lowest BCUT2D eigenvalue weighted by Gasteiger charge is -2.35. The lowest BCUT2D eigenvalue weighted by atomic mass is 9.67. The van der Waals surface area contributed by atoms with Gasteiger partial charge in [0.05, 0.1) is 5.41 Å². The highest BCUT2D eigenvalue weighted by atomic mass is 16.4. The standard InChI is InChI=1S/C15H20O3/c16-11-4-3-9-15(14(17)18)10-5-7-12-6-1-2-8-13(12)15/h1-2,6,8,16H,3-5,7,9-11H2,(H,17,18). The average molecular weight is 248 g/mol. The van der Waals surface area contributed by atoms with Crippen molar-refractivity contribution in [3.63, 3.8) is 0 Å². The summed E-state index contributed by atoms with van der Waals surface area (Å²) in [4.78, 5) is 11.8. The van der Waals surface area contributed by atoms with Crippen LogP contribution in [0.5, 0.6) is 0 Å². The molecular weight excluding hydrogens is 228 g/mol. The van der Waals surface area contributed by atoms with Gasteiger partial charge < -0.3 is 10.2 Å². The first-order valence-corrected chi connectivity index (χ1v) is 6.63. The third-order valence-electron chi connectivity index (χ3n) is 4.00. The Balaban J connectivity index is 2.33. The van der Waals surface area contributed by atoms with Gasteiger partial charge in [-0.25, -0.2) is 0 Å². The summed E-state index contributed by atoms with van der Waals surface area (Å²) in [5.74, 6) is -0.715. The molecule has 0 fully saturated rings. The molecule has 0 amide bonds. The number of unbranched alkanes of at least 4 members (excludes halogenated alkanes) is 1. The van der Waals surface area contributed by atoms with Crippen molar-refractivity contribution in [2.75, 3.05) is 6.61 Å². The second kappa shape index (κ2) is 5.53. The molecule has 0 spiro atoms. The summed E-state index contributed by atoms with van der Waals surface area (Å²) in [6.07, 6.45) is 4.69. The normalized spacial score (nSPS) is 22.5. The molecule has 1 aliphatic carbocycles. The Kier molecular flexibility index (Phi) is 4.02. The number of carboxylic acid groups (broad SMARTS) is 1. The van der Waals surface area contributed by atoms with Crippen LogP contribution in [0.15, 0.2) is 24.3 Å². The van der Waals surface area contributed by atoms with E-state index in [9.17, 15) is 9.90 Å². The van der Waals surface area contributed by atoms with Crippen LogP contribution in [-0.2, 0) is 16.6 Å². The fourth-order valence-electron chi connectivity index (χ4n) is 3.05. The zero-order valence-electron chi connectivity index (χ0n) is 10.6. The summed E-state index contributed by atoms with van der Waals surface area (Å²) >= 11 is 0. The molecule has 0 aliphatic heterocycles. The molecule has 2 rings (SSSR count). The number of benzene rings is 1. The minimum absolute atomic E-state index is 0.136. The number of hydrogen-bond acceptors (Lipinski definition) is 2. The van der Waals surface area contributed by atoms with E-state index in [1.54, 1.807) is 0 Å². The molecule has 2 N–H and O–H groups in total. The van der Waals surface area contributed by atoms with E-state index in [4.69, 9.17) is 5.11 Å². The number of carbonyl (C=O) groups is 1. The van der Waals surface area contributed by atoms with Crippen LogP contribution >= 0.6 is 0 Å². The summed E-state index contributed by atoms with van der Waals surface area (Å²) in [7, 11) is 0. The van der Waals surface area contributed by atoms with Gasteiger partial charge in [-0.3, -0.25) is 4.79 Å². The van der Waals surface area contributed by atoms with Gasteiger partial charge in [0.25, 0.3) is 0 Å². The molecule has 1 aromatic carbocycles. The molecule has 98 valence electrons. The van der Waals surface area contributed by atoms with Gasteiger partial charge in [-0.05, 0) is 49.7 Å². The van der Waals surface area contributed by atoms with Gasteiger partial charge >= 0.3 is 5.97 Å². The summed E-state index contributed by atoms with van der Waals surface area (Å²) in [6.45, 7) is 0.136. The minimum Gasteiger partial charge on any atom is -0.481 e. The van der Waals surface area contributed by atoms with E-state index >= 15 is 0 Å². The van der Waals surface area contributed by atoms with Gasteiger partial charge in [-0.15, -0.1) is 0 Å². The van der Waals surface area contributed by atoms with E-state index in [2.05, 4.69) is 0 Å². The molecular formula is C15H20O3. The van der Waals surface area contributed by atoms with E-state index in [-0.39, 0.29) is 6.61 Å². The first kappa shape index (κ1) is 13.1. The smallest absolute Gasteiger partial charge is 0.314 e. The van der Waals surface area contributed by atoms with Crippen LogP contribution in [0.25, 0.3) is 0 Å². The lowest BCUT2D eigenvalue weighted by molar-refractivity contribution is -0.145. The summed E-state index contributed by atoms with van der Waals surface area (Å²) < 4.78 is 0. The van der Waals surface area contributed by atoms with E-state index in [1.165, 1.54) is 5.56 Å². The van der Waals surface area contributed by atoms with Crippen molar-refractivity contribution in [3.8, 4) is 0 Å². The summed E-state index contributed by atoms with van der Waals surface area (Å²) in [5.41, 5.74) is 1.43. The molecule has 1 aromatic rings. The Morgan fingerprint density at radius 1 is 1.28 bits per heavy atom. The maximum Gasteiger partial charge on any atom is 0.314 e. The van der Waals surface area contributed by atoms with Gasteiger partial charge in [0, 0.05) is 6.61 Å². The Bertz CT molecular complexity index is 428. The zero-order chi connectivity index (χ0) is 13.0. The highest BCUT2D eigenvalue weighted by Gasteiger charge is 2.42. The van der Waals surface area contributed by atoms with Gasteiger partial charge in [0.2, 0.25) is 0 Å². The molecule has 3 nitrogen and oxygen atoms in total. The Morgan fingerprint density at radius 3 is 2.78 bits per heavy atom. The number of carboxylic acids is 1. The molecule has 0 saturated carbocycles. The van der Waals surface area contributed by atoms with Gasteiger partial charge in [0.1, 0.15) is 0 Å². The van der Waals surface area contributed by atoms with Gasteiger partial charge in [-0.1, -0.05) is 24.3 Å². The second-order valence-corrected chi connectivity index (χ2v) is 5.08. The first-order chi connectivity index (χ1) is 8.70. The highest BCUT2D eigenvalue weighted by Crippen LogP contribution is 2.41. The number of hydrogen-bond donors (Lipinski definition) is 2. The first-order valence-electron chi connectivity index (χ1n) is 6.63. The number of fused-ring (bicyclic) bond motifs is 1. The van der Waals surface area contributed by atoms with Crippen molar-refractivity contribution in [1.29, 1.82) is 0 Å². The minimum atomic E-state index is -0.732. The van der Waals surface area contributed by atoms with Crippen molar-refractivity contribution < 1.29 is 15.0 Å². The number of aliphatic hydroxyl groups is 1. The van der Waals surface area contributed by atoms with Crippen molar-refractivity contribution >= 4 is 5.97 Å². The predicted molar refractivity (Wildman–Crippen MR) is 69.6 cm³/mol. The van der Waals surface area contributed by atoms with Crippen molar-refractivity contribution in [3.05, 3.63) is 35.4 Å². The highest BCUT2D eigenvalue weighted by molar-refractivity contribution is 5.82. The average Bonchev–Trinajstić information content (AvgIpc) is 2.39. The summed E-state index contributed by atoms with van der Waals surface area (Å²) in [6, 6.07) is 7.90. The quantitative estimate of drug-likeness (QED) is 0.787. The van der Waals surface area contributed by atoms with E-state index in [1.807, 2.05) is 24.3 Å². The number of aliphatic carboxylic acids is 1. The second-order valence-electron chi connectivity index (χ2n) is 5.08. The van der Waals surface area contributed by atoms with Crippen LogP contribution in [0.3, 0.4) is 0 Å². The number of aliphatic hydroxyl groups excluding tert-OH is 1. The fourth-order valence-corrected chi connectivity index (χ4v) is 3.05. The third-order valence-corrected chi connectivity index (χ3v) is 4.00. The molecule has 0 aromatic heterocycles. The molecule has 0 saturated heterocycles. The maximum absolute atomic E-state index is 11.8. The maximum atomic E-state index is 11.8. The topological polar surface area (TPSA) is 57.5 Å². The fraction of sp³-hybridized carbons (Fsp3) is 0.533. The zero-order valence-corrected chi connectivity index (χ0v) is 10.6. The van der Waals surface area contributed by atoms with Crippen LogP contribution < -0.4 is 0 Å². The van der Waals surface area contributed by atoms with Crippen LogP contribution in [0, 0.1) is 0 Å². The van der Waals surface area contributed by atoms with E-state index < -0.39 is 11.4 Å². The molecule has 1 aliphatic rings. The summed E-state index contributed by atoms with van der Waals surface area (Å²) in [5, 5.41) is 18.5. The van der Waals surface area contributed by atoms with Crippen molar-refractivity contribution in [2.45, 2.75) is 43.9 Å². The van der Waals surface area contributed by atoms with Gasteiger partial charge in [0.15, 0.2) is 0 Å². The molecule has 3 heteroatoms. The molecule has 0 bridgehead atoms. The largest absolute Gasteiger partial charge is 0.481 e. The Labute approximate surface area is 107 Å².